The fourth-order valence-corrected chi connectivity index (χ4v) is 3.80. The Bertz CT molecular complexity index is 1150. The number of hydrogen-bond acceptors (Lipinski definition) is 2. The lowest BCUT2D eigenvalue weighted by atomic mass is 9.97. The van der Waals surface area contributed by atoms with Crippen molar-refractivity contribution in [2.75, 3.05) is 0 Å². The maximum Gasteiger partial charge on any atom is 0.294 e. The summed E-state index contributed by atoms with van der Waals surface area (Å²) in [5.41, 5.74) is 5.39. The lowest BCUT2D eigenvalue weighted by molar-refractivity contribution is -0.132. The Labute approximate surface area is 166 Å². The van der Waals surface area contributed by atoms with Crippen LogP contribution in [0.1, 0.15) is 22.9 Å². The first kappa shape index (κ1) is 18.3. The lowest BCUT2D eigenvalue weighted by Gasteiger charge is -2.16. The maximum atomic E-state index is 13.3. The molecule has 3 aromatic carbocycles. The normalized spacial score (nSPS) is 12.1. The van der Waals surface area contributed by atoms with Crippen LogP contribution < -0.4 is 0 Å². The molecule has 0 spiro atoms. The summed E-state index contributed by atoms with van der Waals surface area (Å²) in [7, 11) is 0. The van der Waals surface area contributed by atoms with Gasteiger partial charge in [-0.15, -0.1) is 0 Å². The molecule has 0 radical (unpaired) electrons. The highest BCUT2D eigenvalue weighted by Crippen LogP contribution is 2.38. The number of benzene rings is 3. The van der Waals surface area contributed by atoms with E-state index in [0.29, 0.717) is 17.1 Å². The highest BCUT2D eigenvalue weighted by atomic mass is 35.5. The maximum absolute atomic E-state index is 13.3. The Morgan fingerprint density at radius 2 is 1.75 bits per heavy atom. The van der Waals surface area contributed by atoms with Crippen LogP contribution in [0, 0.1) is 12.7 Å². The number of ether oxygens (including phenoxy) is 1. The van der Waals surface area contributed by atoms with Crippen molar-refractivity contribution < 1.29 is 13.9 Å². The molecule has 4 aromatic rings. The molecule has 0 saturated carbocycles. The second kappa shape index (κ2) is 7.49. The molecule has 0 amide bonds. The van der Waals surface area contributed by atoms with Crippen LogP contribution in [0.15, 0.2) is 66.7 Å². The van der Waals surface area contributed by atoms with E-state index in [-0.39, 0.29) is 5.82 Å². The Morgan fingerprint density at radius 3 is 2.46 bits per heavy atom. The summed E-state index contributed by atoms with van der Waals surface area (Å²) in [6.07, 6.45) is -0.616. The molecule has 1 aromatic heterocycles. The average molecular weight is 394 g/mol. The van der Waals surface area contributed by atoms with E-state index in [1.807, 2.05) is 49.4 Å². The Hall–Kier alpha value is -3.11. The standard InChI is InChI=1S/C23H17ClFNO2/c1-14-22(18-4-2-3-5-20(18)24)19-11-8-16(12-21(19)26-14)23(28-13-27)15-6-9-17(25)10-7-15/h2-13,23,26H,1H3. The van der Waals surface area contributed by atoms with Crippen LogP contribution in [0.3, 0.4) is 0 Å². The van der Waals surface area contributed by atoms with E-state index in [2.05, 4.69) is 4.98 Å². The predicted octanol–water partition coefficient (Wildman–Crippen LogP) is 6.20. The second-order valence-electron chi connectivity index (χ2n) is 6.57. The zero-order valence-corrected chi connectivity index (χ0v) is 15.8. The number of fused-ring (bicyclic) bond motifs is 1. The number of hydrogen-bond donors (Lipinski definition) is 1. The van der Waals surface area contributed by atoms with Gasteiger partial charge in [0.2, 0.25) is 0 Å². The number of carbonyl (C=O) groups is 1. The van der Waals surface area contributed by atoms with Crippen molar-refractivity contribution in [2.24, 2.45) is 0 Å². The molecule has 4 rings (SSSR count). The van der Waals surface area contributed by atoms with E-state index in [9.17, 15) is 9.18 Å². The molecule has 140 valence electrons. The molecule has 1 atom stereocenters. The summed E-state index contributed by atoms with van der Waals surface area (Å²) in [6.45, 7) is 2.41. The van der Waals surface area contributed by atoms with Crippen molar-refractivity contribution in [2.45, 2.75) is 13.0 Å². The smallest absolute Gasteiger partial charge is 0.294 e. The molecule has 0 bridgehead atoms. The van der Waals surface area contributed by atoms with Crippen molar-refractivity contribution in [1.29, 1.82) is 0 Å². The van der Waals surface area contributed by atoms with Crippen molar-refractivity contribution in [3.05, 3.63) is 94.4 Å². The first-order valence-corrected chi connectivity index (χ1v) is 9.18. The van der Waals surface area contributed by atoms with Gasteiger partial charge >= 0.3 is 0 Å². The van der Waals surface area contributed by atoms with Crippen LogP contribution in [0.2, 0.25) is 5.02 Å². The van der Waals surface area contributed by atoms with Crippen molar-refractivity contribution >= 4 is 29.0 Å². The third-order valence-electron chi connectivity index (χ3n) is 4.82. The second-order valence-corrected chi connectivity index (χ2v) is 6.98. The zero-order chi connectivity index (χ0) is 19.7. The van der Waals surface area contributed by atoms with Crippen LogP contribution in [0.4, 0.5) is 4.39 Å². The number of aromatic amines is 1. The van der Waals surface area contributed by atoms with E-state index in [0.717, 1.165) is 33.3 Å². The molecule has 3 nitrogen and oxygen atoms in total. The molecular weight excluding hydrogens is 377 g/mol. The Morgan fingerprint density at radius 1 is 1.04 bits per heavy atom. The third kappa shape index (κ3) is 3.27. The van der Waals surface area contributed by atoms with Gasteiger partial charge in [-0.2, -0.15) is 0 Å². The minimum absolute atomic E-state index is 0.339. The SMILES string of the molecule is Cc1[nH]c2cc(C(OC=O)c3ccc(F)cc3)ccc2c1-c1ccccc1Cl. The van der Waals surface area contributed by atoms with Gasteiger partial charge in [0.05, 0.1) is 0 Å². The minimum Gasteiger partial charge on any atom is -0.455 e. The molecule has 28 heavy (non-hydrogen) atoms. The van der Waals surface area contributed by atoms with Gasteiger partial charge in [-0.1, -0.05) is 54.1 Å². The van der Waals surface area contributed by atoms with Gasteiger partial charge in [-0.05, 0) is 42.3 Å². The van der Waals surface area contributed by atoms with Crippen LogP contribution in [-0.4, -0.2) is 11.5 Å². The monoisotopic (exact) mass is 393 g/mol. The minimum atomic E-state index is -0.616. The Kier molecular flexibility index (Phi) is 4.88. The predicted molar refractivity (Wildman–Crippen MR) is 109 cm³/mol. The van der Waals surface area contributed by atoms with Gasteiger partial charge in [0.25, 0.3) is 6.47 Å². The van der Waals surface area contributed by atoms with Crippen LogP contribution >= 0.6 is 11.6 Å². The van der Waals surface area contributed by atoms with Gasteiger partial charge in [-0.3, -0.25) is 4.79 Å². The summed E-state index contributed by atoms with van der Waals surface area (Å²) >= 11 is 6.40. The fraction of sp³-hybridized carbons (Fsp3) is 0.0870. The van der Waals surface area contributed by atoms with Gasteiger partial charge < -0.3 is 9.72 Å². The van der Waals surface area contributed by atoms with Gasteiger partial charge in [0, 0.05) is 32.7 Å². The third-order valence-corrected chi connectivity index (χ3v) is 5.15. The first-order chi connectivity index (χ1) is 13.6. The average Bonchev–Trinajstić information content (AvgIpc) is 3.02. The topological polar surface area (TPSA) is 42.1 Å². The van der Waals surface area contributed by atoms with Crippen molar-refractivity contribution in [1.82, 2.24) is 4.98 Å². The number of nitrogens with one attached hydrogen (secondary N) is 1. The quantitative estimate of drug-likeness (QED) is 0.410. The summed E-state index contributed by atoms with van der Waals surface area (Å²) in [5, 5.41) is 1.71. The molecule has 0 aliphatic heterocycles. The van der Waals surface area contributed by atoms with E-state index in [1.165, 1.54) is 12.1 Å². The highest BCUT2D eigenvalue weighted by Gasteiger charge is 2.19. The van der Waals surface area contributed by atoms with E-state index in [1.54, 1.807) is 12.1 Å². The van der Waals surface area contributed by atoms with E-state index >= 15 is 0 Å². The van der Waals surface area contributed by atoms with Gasteiger partial charge in [0.15, 0.2) is 6.10 Å². The number of carbonyl (C=O) groups excluding carboxylic acids is 1. The number of H-pyrrole nitrogens is 1. The molecule has 5 heteroatoms. The molecule has 1 unspecified atom stereocenters. The number of rotatable bonds is 5. The molecule has 0 aliphatic carbocycles. The van der Waals surface area contributed by atoms with Crippen molar-refractivity contribution in [3.8, 4) is 11.1 Å². The van der Waals surface area contributed by atoms with Crippen molar-refractivity contribution in [3.63, 3.8) is 0 Å². The molecule has 0 fully saturated rings. The zero-order valence-electron chi connectivity index (χ0n) is 15.1. The molecule has 1 heterocycles. The Balaban J connectivity index is 1.83. The summed E-state index contributed by atoms with van der Waals surface area (Å²) in [5.74, 6) is -0.339. The van der Waals surface area contributed by atoms with Gasteiger partial charge in [0.1, 0.15) is 5.82 Å². The first-order valence-electron chi connectivity index (χ1n) is 8.80. The van der Waals surface area contributed by atoms with Crippen LogP contribution in [0.25, 0.3) is 22.0 Å². The number of halogens is 2. The summed E-state index contributed by atoms with van der Waals surface area (Å²) in [6, 6.07) is 19.5. The van der Waals surface area contributed by atoms with E-state index in [4.69, 9.17) is 16.3 Å². The highest BCUT2D eigenvalue weighted by molar-refractivity contribution is 6.33. The molecule has 1 N–H and O–H groups in total. The number of aromatic nitrogens is 1. The number of aryl methyl sites for hydroxylation is 1. The molecule has 0 aliphatic rings. The van der Waals surface area contributed by atoms with Gasteiger partial charge in [-0.25, -0.2) is 4.39 Å². The summed E-state index contributed by atoms with van der Waals surface area (Å²) in [4.78, 5) is 14.4. The van der Waals surface area contributed by atoms with Crippen LogP contribution in [-0.2, 0) is 9.53 Å². The molecule has 0 saturated heterocycles. The lowest BCUT2D eigenvalue weighted by Crippen LogP contribution is -2.05. The van der Waals surface area contributed by atoms with E-state index < -0.39 is 6.10 Å². The van der Waals surface area contributed by atoms with Crippen LogP contribution in [0.5, 0.6) is 0 Å². The largest absolute Gasteiger partial charge is 0.455 e. The fourth-order valence-electron chi connectivity index (χ4n) is 3.57. The summed E-state index contributed by atoms with van der Waals surface area (Å²) < 4.78 is 18.6. The molecular formula is C23H17ClFNO2.